The van der Waals surface area contributed by atoms with Crippen LogP contribution in [0.2, 0.25) is 0 Å². The van der Waals surface area contributed by atoms with Gasteiger partial charge in [0.25, 0.3) is 5.91 Å². The number of nitrogens with one attached hydrogen (secondary N) is 1. The number of carbonyl (C=O) groups excluding carboxylic acids is 1. The highest BCUT2D eigenvalue weighted by Crippen LogP contribution is 2.30. The Bertz CT molecular complexity index is 969. The van der Waals surface area contributed by atoms with E-state index in [9.17, 15) is 4.79 Å². The van der Waals surface area contributed by atoms with Crippen LogP contribution in [0.15, 0.2) is 42.5 Å². The van der Waals surface area contributed by atoms with Crippen molar-refractivity contribution in [2.75, 3.05) is 19.8 Å². The average Bonchev–Trinajstić information content (AvgIpc) is 2.96. The normalized spacial score (nSPS) is 15.7. The second-order valence-corrected chi connectivity index (χ2v) is 7.50. The summed E-state index contributed by atoms with van der Waals surface area (Å²) in [5, 5.41) is 8.85. The first-order chi connectivity index (χ1) is 12.5. The first-order valence-corrected chi connectivity index (χ1v) is 8.86. The van der Waals surface area contributed by atoms with Crippen molar-refractivity contribution in [3.63, 3.8) is 0 Å². The first-order valence-electron chi connectivity index (χ1n) is 8.86. The molecule has 26 heavy (non-hydrogen) atoms. The monoisotopic (exact) mass is 349 g/mol. The summed E-state index contributed by atoms with van der Waals surface area (Å²) in [5.74, 6) is -0.0493. The van der Waals surface area contributed by atoms with E-state index in [1.807, 2.05) is 42.1 Å². The van der Waals surface area contributed by atoms with Crippen LogP contribution in [0.5, 0.6) is 0 Å². The van der Waals surface area contributed by atoms with Gasteiger partial charge in [-0.2, -0.15) is 5.10 Å². The van der Waals surface area contributed by atoms with Crippen LogP contribution < -0.4 is 5.32 Å². The first kappa shape index (κ1) is 16.8. The predicted molar refractivity (Wildman–Crippen MR) is 102 cm³/mol. The molecule has 0 atom stereocenters. The summed E-state index contributed by atoms with van der Waals surface area (Å²) in [7, 11) is 1.96. The number of aryl methyl sites for hydroxylation is 2. The Morgan fingerprint density at radius 3 is 2.62 bits per heavy atom. The lowest BCUT2D eigenvalue weighted by molar-refractivity contribution is -0.0978. The van der Waals surface area contributed by atoms with Crippen molar-refractivity contribution in [2.45, 2.75) is 13.8 Å². The van der Waals surface area contributed by atoms with Gasteiger partial charge in [-0.1, -0.05) is 31.2 Å². The molecule has 1 aromatic heterocycles. The number of nitrogens with zero attached hydrogens (tertiary/aromatic N) is 2. The van der Waals surface area contributed by atoms with E-state index < -0.39 is 0 Å². The Labute approximate surface area is 153 Å². The molecule has 2 heterocycles. The fourth-order valence-corrected chi connectivity index (χ4v) is 3.41. The van der Waals surface area contributed by atoms with Gasteiger partial charge in [-0.05, 0) is 30.7 Å². The van der Waals surface area contributed by atoms with E-state index in [-0.39, 0.29) is 11.3 Å². The molecule has 3 aromatic rings. The summed E-state index contributed by atoms with van der Waals surface area (Å²) >= 11 is 0. The molecule has 0 bridgehead atoms. The molecule has 1 N–H and O–H groups in total. The zero-order valence-corrected chi connectivity index (χ0v) is 15.4. The number of rotatable bonds is 4. The largest absolute Gasteiger partial charge is 0.380 e. The fourth-order valence-electron chi connectivity index (χ4n) is 3.41. The van der Waals surface area contributed by atoms with E-state index in [0.29, 0.717) is 25.3 Å². The number of carbonyl (C=O) groups is 1. The molecule has 5 heteroatoms. The van der Waals surface area contributed by atoms with Crippen molar-refractivity contribution in [3.8, 4) is 11.3 Å². The Hall–Kier alpha value is -2.66. The number of ether oxygens (including phenoxy) is 1. The van der Waals surface area contributed by atoms with Gasteiger partial charge < -0.3 is 10.1 Å². The van der Waals surface area contributed by atoms with Gasteiger partial charge in [0.15, 0.2) is 0 Å². The maximum atomic E-state index is 12.4. The van der Waals surface area contributed by atoms with Crippen LogP contribution in [-0.2, 0) is 11.8 Å². The van der Waals surface area contributed by atoms with E-state index in [0.717, 1.165) is 22.2 Å². The lowest BCUT2D eigenvalue weighted by atomic mass is 9.88. The van der Waals surface area contributed by atoms with Crippen molar-refractivity contribution in [1.29, 1.82) is 0 Å². The molecule has 0 spiro atoms. The topological polar surface area (TPSA) is 56.1 Å². The van der Waals surface area contributed by atoms with Crippen LogP contribution in [-0.4, -0.2) is 35.4 Å². The second-order valence-electron chi connectivity index (χ2n) is 7.50. The highest BCUT2D eigenvalue weighted by atomic mass is 16.5. The minimum absolute atomic E-state index is 0.0493. The summed E-state index contributed by atoms with van der Waals surface area (Å²) < 4.78 is 7.13. The van der Waals surface area contributed by atoms with Crippen molar-refractivity contribution < 1.29 is 9.53 Å². The van der Waals surface area contributed by atoms with Gasteiger partial charge in [0.1, 0.15) is 5.69 Å². The second kappa shape index (κ2) is 6.25. The van der Waals surface area contributed by atoms with Crippen LogP contribution in [0.4, 0.5) is 0 Å². The van der Waals surface area contributed by atoms with Gasteiger partial charge in [0, 0.05) is 35.5 Å². The van der Waals surface area contributed by atoms with E-state index in [4.69, 9.17) is 4.74 Å². The van der Waals surface area contributed by atoms with E-state index in [1.165, 1.54) is 5.56 Å². The predicted octanol–water partition coefficient (Wildman–Crippen LogP) is 3.32. The zero-order valence-electron chi connectivity index (χ0n) is 15.4. The highest BCUT2D eigenvalue weighted by Gasteiger charge is 2.33. The number of hydrogen-bond acceptors (Lipinski definition) is 3. The average molecular weight is 349 g/mol. The molecule has 0 saturated carbocycles. The molecular weight excluding hydrogens is 326 g/mol. The van der Waals surface area contributed by atoms with Gasteiger partial charge in [0.2, 0.25) is 0 Å². The van der Waals surface area contributed by atoms with Crippen LogP contribution in [0.3, 0.4) is 0 Å². The van der Waals surface area contributed by atoms with Crippen molar-refractivity contribution in [3.05, 3.63) is 53.6 Å². The molecule has 134 valence electrons. The summed E-state index contributed by atoms with van der Waals surface area (Å²) in [6, 6.07) is 13.9. The summed E-state index contributed by atoms with van der Waals surface area (Å²) in [4.78, 5) is 12.4. The maximum Gasteiger partial charge on any atom is 0.251 e. The smallest absolute Gasteiger partial charge is 0.251 e. The van der Waals surface area contributed by atoms with E-state index >= 15 is 0 Å². The Balaban J connectivity index is 1.57. The molecule has 1 aliphatic rings. The van der Waals surface area contributed by atoms with Crippen molar-refractivity contribution in [1.82, 2.24) is 15.1 Å². The van der Waals surface area contributed by atoms with Crippen LogP contribution in [0.25, 0.3) is 22.2 Å². The quantitative estimate of drug-likeness (QED) is 0.786. The molecule has 0 unspecified atom stereocenters. The third-order valence-corrected chi connectivity index (χ3v) is 5.08. The molecule has 0 radical (unpaired) electrons. The molecule has 1 amide bonds. The van der Waals surface area contributed by atoms with E-state index in [2.05, 4.69) is 36.4 Å². The van der Waals surface area contributed by atoms with Crippen molar-refractivity contribution >= 4 is 16.8 Å². The van der Waals surface area contributed by atoms with Crippen LogP contribution in [0.1, 0.15) is 22.8 Å². The maximum absolute atomic E-state index is 12.4. The Kier molecular flexibility index (Phi) is 4.04. The van der Waals surface area contributed by atoms with Crippen LogP contribution >= 0.6 is 0 Å². The van der Waals surface area contributed by atoms with Gasteiger partial charge in [-0.3, -0.25) is 9.48 Å². The van der Waals surface area contributed by atoms with Gasteiger partial charge in [-0.25, -0.2) is 0 Å². The zero-order chi connectivity index (χ0) is 18.3. The minimum Gasteiger partial charge on any atom is -0.380 e. The minimum atomic E-state index is -0.0493. The number of benzene rings is 2. The number of fused-ring (bicyclic) bond motifs is 1. The summed E-state index contributed by atoms with van der Waals surface area (Å²) in [6.45, 7) is 6.27. The standard InChI is InChI=1S/C21H23N3O2/c1-14-5-4-6-17-18(14)19(23-24(17)3)15-7-9-16(10-8-15)20(25)22-11-21(2)12-26-13-21/h4-10H,11-13H2,1-3H3,(H,22,25). The van der Waals surface area contributed by atoms with Gasteiger partial charge >= 0.3 is 0 Å². The Morgan fingerprint density at radius 1 is 1.23 bits per heavy atom. The van der Waals surface area contributed by atoms with E-state index in [1.54, 1.807) is 0 Å². The SMILES string of the molecule is Cc1cccc2c1c(-c1ccc(C(=O)NCC3(C)COC3)cc1)nn2C. The number of hydrogen-bond donors (Lipinski definition) is 1. The number of amides is 1. The van der Waals surface area contributed by atoms with Gasteiger partial charge in [-0.15, -0.1) is 0 Å². The molecule has 1 fully saturated rings. The summed E-state index contributed by atoms with van der Waals surface area (Å²) in [5.41, 5.74) is 5.00. The third-order valence-electron chi connectivity index (χ3n) is 5.08. The molecule has 2 aromatic carbocycles. The van der Waals surface area contributed by atoms with Crippen LogP contribution in [0, 0.1) is 12.3 Å². The Morgan fingerprint density at radius 2 is 1.96 bits per heavy atom. The fraction of sp³-hybridized carbons (Fsp3) is 0.333. The van der Waals surface area contributed by atoms with Gasteiger partial charge in [0.05, 0.1) is 18.7 Å². The molecule has 1 saturated heterocycles. The molecule has 4 rings (SSSR count). The number of aromatic nitrogens is 2. The lowest BCUT2D eigenvalue weighted by Crippen LogP contribution is -2.48. The molecule has 5 nitrogen and oxygen atoms in total. The highest BCUT2D eigenvalue weighted by molar-refractivity contribution is 5.97. The molecule has 0 aliphatic carbocycles. The third kappa shape index (κ3) is 2.88. The summed E-state index contributed by atoms with van der Waals surface area (Å²) in [6.07, 6.45) is 0. The van der Waals surface area contributed by atoms with Crippen molar-refractivity contribution in [2.24, 2.45) is 12.5 Å². The molecule has 1 aliphatic heterocycles. The lowest BCUT2D eigenvalue weighted by Gasteiger charge is -2.38. The molecular formula is C21H23N3O2.